The molecule has 0 saturated heterocycles. The van der Waals surface area contributed by atoms with Gasteiger partial charge >= 0.3 is 0 Å². The van der Waals surface area contributed by atoms with E-state index in [-0.39, 0.29) is 27.9 Å². The molecular formula is C20H23ClN2O3S. The highest BCUT2D eigenvalue weighted by molar-refractivity contribution is 7.92. The normalized spacial score (nSPS) is 11.3. The van der Waals surface area contributed by atoms with Gasteiger partial charge in [-0.3, -0.25) is 9.10 Å². The first kappa shape index (κ1) is 21.0. The molecule has 0 fully saturated rings. The zero-order valence-electron chi connectivity index (χ0n) is 15.4. The number of nitrogens with one attached hydrogen (secondary N) is 1. The van der Waals surface area contributed by atoms with Gasteiger partial charge in [-0.1, -0.05) is 49.7 Å². The van der Waals surface area contributed by atoms with E-state index in [4.69, 9.17) is 11.6 Å². The molecule has 2 rings (SSSR count). The molecule has 1 N–H and O–H groups in total. The van der Waals surface area contributed by atoms with Crippen LogP contribution in [0.3, 0.4) is 0 Å². The number of sulfonamides is 1. The molecule has 0 atom stereocenters. The van der Waals surface area contributed by atoms with Crippen molar-refractivity contribution in [3.63, 3.8) is 0 Å². The molecule has 1 amide bonds. The number of nitrogens with zero attached hydrogens (tertiary/aromatic N) is 1. The third-order valence-electron chi connectivity index (χ3n) is 3.78. The number of halogens is 1. The molecule has 2 aromatic rings. The minimum Gasteiger partial charge on any atom is -0.352 e. The van der Waals surface area contributed by atoms with Crippen LogP contribution in [0, 0.1) is 5.92 Å². The van der Waals surface area contributed by atoms with E-state index in [1.54, 1.807) is 24.3 Å². The number of anilines is 1. The predicted octanol–water partition coefficient (Wildman–Crippen LogP) is 4.11. The fraction of sp³-hybridized carbons (Fsp3) is 0.250. The molecular weight excluding hydrogens is 384 g/mol. The lowest BCUT2D eigenvalue weighted by molar-refractivity contribution is 0.0949. The summed E-state index contributed by atoms with van der Waals surface area (Å²) in [5.41, 5.74) is 0.642. The summed E-state index contributed by atoms with van der Waals surface area (Å²) < 4.78 is 27.6. The Balaban J connectivity index is 2.44. The molecule has 7 heteroatoms. The number of para-hydroxylation sites is 1. The second-order valence-electron chi connectivity index (χ2n) is 6.41. The molecule has 0 aromatic heterocycles. The van der Waals surface area contributed by atoms with Gasteiger partial charge in [0.25, 0.3) is 15.9 Å². The monoisotopic (exact) mass is 406 g/mol. The van der Waals surface area contributed by atoms with Gasteiger partial charge in [-0.25, -0.2) is 8.42 Å². The third kappa shape index (κ3) is 5.11. The smallest absolute Gasteiger partial charge is 0.264 e. The minimum atomic E-state index is -3.90. The van der Waals surface area contributed by atoms with E-state index in [1.807, 2.05) is 19.9 Å². The zero-order valence-corrected chi connectivity index (χ0v) is 16.9. The standard InChI is InChI=1S/C20H23ClN2O3S/c1-4-12-23(16-8-6-5-7-9-16)27(25,26)17-10-11-19(21)18(13-17)20(24)22-14-15(2)3/h4-11,13,15H,1,12,14H2,2-3H3,(H,22,24). The molecule has 0 radical (unpaired) electrons. The third-order valence-corrected chi connectivity index (χ3v) is 5.90. The number of rotatable bonds is 8. The van der Waals surface area contributed by atoms with Crippen molar-refractivity contribution in [1.29, 1.82) is 0 Å². The summed E-state index contributed by atoms with van der Waals surface area (Å²) in [6.45, 7) is 8.15. The van der Waals surface area contributed by atoms with Crippen molar-refractivity contribution in [3.8, 4) is 0 Å². The van der Waals surface area contributed by atoms with E-state index in [0.29, 0.717) is 12.2 Å². The first-order chi connectivity index (χ1) is 12.8. The number of amides is 1. The van der Waals surface area contributed by atoms with Gasteiger partial charge in [0.15, 0.2) is 0 Å². The van der Waals surface area contributed by atoms with Gasteiger partial charge in [-0.05, 0) is 36.2 Å². The molecule has 0 heterocycles. The Hall–Kier alpha value is -2.31. The highest BCUT2D eigenvalue weighted by Crippen LogP contribution is 2.26. The minimum absolute atomic E-state index is 0.00713. The van der Waals surface area contributed by atoms with Crippen LogP contribution in [0.15, 0.2) is 66.1 Å². The van der Waals surface area contributed by atoms with Crippen molar-refractivity contribution in [3.05, 3.63) is 71.8 Å². The summed E-state index contributed by atoms with van der Waals surface area (Å²) in [5, 5.41) is 2.96. The molecule has 5 nitrogen and oxygen atoms in total. The molecule has 2 aromatic carbocycles. The van der Waals surface area contributed by atoms with Gasteiger partial charge in [-0.2, -0.15) is 0 Å². The zero-order chi connectivity index (χ0) is 20.0. The molecule has 0 aliphatic rings. The van der Waals surface area contributed by atoms with Crippen molar-refractivity contribution in [2.75, 3.05) is 17.4 Å². The highest BCUT2D eigenvalue weighted by Gasteiger charge is 2.25. The lowest BCUT2D eigenvalue weighted by Crippen LogP contribution is -2.32. The summed E-state index contributed by atoms with van der Waals surface area (Å²) in [6, 6.07) is 12.9. The van der Waals surface area contributed by atoms with Crippen molar-refractivity contribution < 1.29 is 13.2 Å². The molecule has 144 valence electrons. The van der Waals surface area contributed by atoms with Gasteiger partial charge in [0.05, 0.1) is 27.7 Å². The van der Waals surface area contributed by atoms with Crippen LogP contribution >= 0.6 is 11.6 Å². The molecule has 0 aliphatic carbocycles. The van der Waals surface area contributed by atoms with Gasteiger partial charge in [0.2, 0.25) is 0 Å². The Bertz CT molecular complexity index is 912. The average molecular weight is 407 g/mol. The number of hydrogen-bond donors (Lipinski definition) is 1. The fourth-order valence-electron chi connectivity index (χ4n) is 2.41. The van der Waals surface area contributed by atoms with Crippen molar-refractivity contribution in [2.24, 2.45) is 5.92 Å². The lowest BCUT2D eigenvalue weighted by atomic mass is 10.2. The van der Waals surface area contributed by atoms with Crippen LogP contribution in [0.25, 0.3) is 0 Å². The van der Waals surface area contributed by atoms with Crippen LogP contribution < -0.4 is 9.62 Å². The summed E-state index contributed by atoms with van der Waals surface area (Å²) in [7, 11) is -3.90. The van der Waals surface area contributed by atoms with Crippen LogP contribution in [-0.2, 0) is 10.0 Å². The van der Waals surface area contributed by atoms with Crippen molar-refractivity contribution in [1.82, 2.24) is 5.32 Å². The SMILES string of the molecule is C=CCN(c1ccccc1)S(=O)(=O)c1ccc(Cl)c(C(=O)NCC(C)C)c1. The average Bonchev–Trinajstić information content (AvgIpc) is 2.64. The molecule has 27 heavy (non-hydrogen) atoms. The Morgan fingerprint density at radius 3 is 2.48 bits per heavy atom. The Kier molecular flexibility index (Phi) is 7.05. The quantitative estimate of drug-likeness (QED) is 0.671. The van der Waals surface area contributed by atoms with Crippen LogP contribution in [0.4, 0.5) is 5.69 Å². The summed E-state index contributed by atoms with van der Waals surface area (Å²) in [5.74, 6) is -0.137. The number of carbonyl (C=O) groups is 1. The molecule has 0 spiro atoms. The second-order valence-corrected chi connectivity index (χ2v) is 8.68. The number of hydrogen-bond acceptors (Lipinski definition) is 3. The van der Waals surface area contributed by atoms with Gasteiger partial charge in [0.1, 0.15) is 0 Å². The highest BCUT2D eigenvalue weighted by atomic mass is 35.5. The van der Waals surface area contributed by atoms with E-state index in [9.17, 15) is 13.2 Å². The number of carbonyl (C=O) groups excluding carboxylic acids is 1. The molecule has 0 saturated carbocycles. The van der Waals surface area contributed by atoms with Crippen LogP contribution in [0.5, 0.6) is 0 Å². The van der Waals surface area contributed by atoms with E-state index in [1.165, 1.54) is 28.6 Å². The topological polar surface area (TPSA) is 66.5 Å². The number of benzene rings is 2. The van der Waals surface area contributed by atoms with E-state index < -0.39 is 15.9 Å². The first-order valence-electron chi connectivity index (χ1n) is 8.53. The van der Waals surface area contributed by atoms with E-state index in [2.05, 4.69) is 11.9 Å². The van der Waals surface area contributed by atoms with E-state index in [0.717, 1.165) is 0 Å². The predicted molar refractivity (Wildman–Crippen MR) is 110 cm³/mol. The van der Waals surface area contributed by atoms with Crippen LogP contribution in [0.1, 0.15) is 24.2 Å². The van der Waals surface area contributed by atoms with Crippen LogP contribution in [-0.4, -0.2) is 27.4 Å². The Morgan fingerprint density at radius 1 is 1.22 bits per heavy atom. The van der Waals surface area contributed by atoms with Crippen molar-refractivity contribution >= 4 is 33.2 Å². The van der Waals surface area contributed by atoms with E-state index >= 15 is 0 Å². The van der Waals surface area contributed by atoms with Crippen LogP contribution in [0.2, 0.25) is 5.02 Å². The molecule has 0 bridgehead atoms. The molecule has 0 unspecified atom stereocenters. The van der Waals surface area contributed by atoms with Gasteiger partial charge < -0.3 is 5.32 Å². The summed E-state index contributed by atoms with van der Waals surface area (Å²) in [6.07, 6.45) is 1.51. The molecule has 0 aliphatic heterocycles. The lowest BCUT2D eigenvalue weighted by Gasteiger charge is -2.23. The van der Waals surface area contributed by atoms with Gasteiger partial charge in [-0.15, -0.1) is 6.58 Å². The maximum Gasteiger partial charge on any atom is 0.264 e. The Morgan fingerprint density at radius 2 is 1.89 bits per heavy atom. The Labute approximate surface area is 165 Å². The fourth-order valence-corrected chi connectivity index (χ4v) is 4.08. The maximum atomic E-state index is 13.2. The largest absolute Gasteiger partial charge is 0.352 e. The summed E-state index contributed by atoms with van der Waals surface area (Å²) >= 11 is 6.13. The van der Waals surface area contributed by atoms with Gasteiger partial charge in [0, 0.05) is 6.54 Å². The maximum absolute atomic E-state index is 13.2. The van der Waals surface area contributed by atoms with Crippen molar-refractivity contribution in [2.45, 2.75) is 18.7 Å². The second kappa shape index (κ2) is 9.06. The first-order valence-corrected chi connectivity index (χ1v) is 10.4. The summed E-state index contributed by atoms with van der Waals surface area (Å²) in [4.78, 5) is 12.4.